The first-order valence-corrected chi connectivity index (χ1v) is 6.18. The van der Waals surface area contributed by atoms with Crippen molar-refractivity contribution in [3.63, 3.8) is 0 Å². The Morgan fingerprint density at radius 1 is 1.28 bits per heavy atom. The number of hydrogen-bond acceptors (Lipinski definition) is 3. The fraction of sp³-hybridized carbons (Fsp3) is 0.385. The van der Waals surface area contributed by atoms with E-state index in [0.717, 1.165) is 10.0 Å². The number of hydrogen-bond donors (Lipinski definition) is 0. The Kier molecular flexibility index (Phi) is 8.20. The molecule has 0 heterocycles. The first kappa shape index (κ1) is 16.8. The van der Waals surface area contributed by atoms with Gasteiger partial charge in [0, 0.05) is 10.0 Å². The molecule has 0 amide bonds. The third kappa shape index (κ3) is 7.95. The summed E-state index contributed by atoms with van der Waals surface area (Å²) >= 11 is 3.28. The Morgan fingerprint density at radius 3 is 2.06 bits per heavy atom. The van der Waals surface area contributed by atoms with E-state index in [4.69, 9.17) is 0 Å². The molecule has 0 spiro atoms. The van der Waals surface area contributed by atoms with Crippen molar-refractivity contribution in [1.29, 1.82) is 0 Å². The van der Waals surface area contributed by atoms with Crippen LogP contribution in [0.15, 0.2) is 28.7 Å². The van der Waals surface area contributed by atoms with Crippen LogP contribution in [-0.2, 0) is 9.53 Å². The maximum atomic E-state index is 11.3. The molecular weight excluding hydrogens is 303 g/mol. The van der Waals surface area contributed by atoms with Crippen LogP contribution in [0.5, 0.6) is 0 Å². The van der Waals surface area contributed by atoms with Crippen LogP contribution in [0.2, 0.25) is 0 Å². The maximum Gasteiger partial charge on any atom is 0.337 e. The smallest absolute Gasteiger partial charge is 0.337 e. The monoisotopic (exact) mass is 318 g/mol. The van der Waals surface area contributed by atoms with Crippen LogP contribution in [0, 0.1) is 0 Å². The lowest BCUT2D eigenvalue weighted by Gasteiger charge is -2.03. The summed E-state index contributed by atoms with van der Waals surface area (Å²) in [5, 5.41) is 0. The Bertz CT molecular complexity index is 388. The number of esters is 1. The summed E-state index contributed by atoms with van der Waals surface area (Å²) in [6.07, 6.45) is -0.210. The van der Waals surface area contributed by atoms with Gasteiger partial charge in [0.15, 0.2) is 12.5 Å². The van der Waals surface area contributed by atoms with Crippen molar-refractivity contribution in [3.05, 3.63) is 34.3 Å². The first-order valence-electron chi connectivity index (χ1n) is 5.38. The lowest BCUT2D eigenvalue weighted by molar-refractivity contribution is -0.148. The molecule has 3 nitrogen and oxygen atoms in total. The van der Waals surface area contributed by atoms with E-state index in [1.807, 2.05) is 12.1 Å². The highest BCUT2D eigenvalue weighted by molar-refractivity contribution is 9.10. The van der Waals surface area contributed by atoms with Gasteiger partial charge >= 0.3 is 5.97 Å². The molecule has 0 fully saturated rings. The van der Waals surface area contributed by atoms with Crippen LogP contribution in [0.1, 0.15) is 31.1 Å². The van der Waals surface area contributed by atoms with E-state index in [1.165, 1.54) is 0 Å². The van der Waals surface area contributed by atoms with E-state index in [9.17, 15) is 14.0 Å². The third-order valence-corrected chi connectivity index (χ3v) is 2.26. The van der Waals surface area contributed by atoms with Gasteiger partial charge in [-0.3, -0.25) is 4.79 Å². The van der Waals surface area contributed by atoms with Crippen molar-refractivity contribution in [3.8, 4) is 0 Å². The predicted octanol–water partition coefficient (Wildman–Crippen LogP) is 3.56. The Morgan fingerprint density at radius 2 is 1.78 bits per heavy atom. The van der Waals surface area contributed by atoms with Gasteiger partial charge in [0.2, 0.25) is 0 Å². The van der Waals surface area contributed by atoms with Gasteiger partial charge in [-0.05, 0) is 32.9 Å². The summed E-state index contributed by atoms with van der Waals surface area (Å²) in [4.78, 5) is 20.8. The van der Waals surface area contributed by atoms with Crippen LogP contribution in [-0.4, -0.2) is 24.5 Å². The molecule has 100 valence electrons. The fourth-order valence-electron chi connectivity index (χ4n) is 0.979. The average Bonchev–Trinajstić information content (AvgIpc) is 2.29. The van der Waals surface area contributed by atoms with Gasteiger partial charge in [-0.15, -0.1) is 0 Å². The molecule has 0 aromatic heterocycles. The van der Waals surface area contributed by atoms with Crippen molar-refractivity contribution in [2.75, 3.05) is 6.67 Å². The Hall–Kier alpha value is -1.23. The number of carbonyl (C=O) groups is 2. The van der Waals surface area contributed by atoms with Gasteiger partial charge in [0.1, 0.15) is 0 Å². The Labute approximate surface area is 114 Å². The van der Waals surface area contributed by atoms with E-state index in [0.29, 0.717) is 0 Å². The summed E-state index contributed by atoms with van der Waals surface area (Å²) < 4.78 is 16.7. The molecule has 0 atom stereocenters. The third-order valence-electron chi connectivity index (χ3n) is 1.73. The number of rotatable bonds is 3. The van der Waals surface area contributed by atoms with Crippen molar-refractivity contribution < 1.29 is 18.7 Å². The molecule has 0 saturated heterocycles. The number of carbonyl (C=O) groups excluding carboxylic acids is 2. The summed E-state index contributed by atoms with van der Waals surface area (Å²) in [5.74, 6) is -0.687. The molecule has 1 aromatic carbocycles. The maximum absolute atomic E-state index is 11.3. The van der Waals surface area contributed by atoms with Gasteiger partial charge in [0.05, 0.1) is 6.10 Å². The molecule has 5 heteroatoms. The van der Waals surface area contributed by atoms with E-state index in [2.05, 4.69) is 20.7 Å². The van der Waals surface area contributed by atoms with Crippen LogP contribution in [0.25, 0.3) is 0 Å². The second kappa shape index (κ2) is 8.80. The van der Waals surface area contributed by atoms with Gasteiger partial charge in [-0.2, -0.15) is 0 Å². The zero-order chi connectivity index (χ0) is 14.1. The molecule has 0 aliphatic rings. The number of ketones is 1. The molecule has 0 N–H and O–H groups in total. The number of ether oxygens (including phenoxy) is 1. The zero-order valence-corrected chi connectivity index (χ0v) is 12.2. The fourth-order valence-corrected chi connectivity index (χ4v) is 1.24. The highest BCUT2D eigenvalue weighted by atomic mass is 79.9. The molecule has 0 bridgehead atoms. The molecular formula is C13H16BrFO3. The SMILES string of the molecule is CC(=O)c1ccc(Br)cc1.CC(C)OC(=O)CF. The molecule has 18 heavy (non-hydrogen) atoms. The standard InChI is InChI=1S/C8H7BrO.C5H9FO2/c1-6(10)7-2-4-8(9)5-3-7;1-4(2)8-5(7)3-6/h2-5H,1H3;4H,3H2,1-2H3. The summed E-state index contributed by atoms with van der Waals surface area (Å²) in [7, 11) is 0. The van der Waals surface area contributed by atoms with Gasteiger partial charge < -0.3 is 4.74 Å². The molecule has 0 unspecified atom stereocenters. The Balaban J connectivity index is 0.000000331. The number of alkyl halides is 1. The second-order valence-corrected chi connectivity index (χ2v) is 4.65. The van der Waals surface area contributed by atoms with E-state index in [1.54, 1.807) is 32.9 Å². The number of benzene rings is 1. The molecule has 0 aliphatic carbocycles. The topological polar surface area (TPSA) is 43.4 Å². The van der Waals surface area contributed by atoms with Crippen molar-refractivity contribution in [1.82, 2.24) is 0 Å². The number of halogens is 2. The molecule has 0 aliphatic heterocycles. The lowest BCUT2D eigenvalue weighted by Crippen LogP contribution is -2.12. The summed E-state index contributed by atoms with van der Waals surface area (Å²) in [6.45, 7) is 3.88. The zero-order valence-electron chi connectivity index (χ0n) is 10.6. The largest absolute Gasteiger partial charge is 0.461 e. The number of Topliss-reactive ketones (excluding diaryl/α,β-unsaturated/α-hetero) is 1. The lowest BCUT2D eigenvalue weighted by atomic mass is 10.2. The average molecular weight is 319 g/mol. The van der Waals surface area contributed by atoms with Crippen LogP contribution in [0.4, 0.5) is 4.39 Å². The molecule has 0 radical (unpaired) electrons. The van der Waals surface area contributed by atoms with Crippen LogP contribution < -0.4 is 0 Å². The first-order chi connectivity index (χ1) is 8.36. The second-order valence-electron chi connectivity index (χ2n) is 3.74. The van der Waals surface area contributed by atoms with Gasteiger partial charge in [-0.25, -0.2) is 9.18 Å². The molecule has 0 saturated carbocycles. The molecule has 1 rings (SSSR count). The summed E-state index contributed by atoms with van der Waals surface area (Å²) in [6, 6.07) is 7.31. The van der Waals surface area contributed by atoms with E-state index in [-0.39, 0.29) is 11.9 Å². The highest BCUT2D eigenvalue weighted by Gasteiger charge is 2.01. The van der Waals surface area contributed by atoms with Gasteiger partial charge in [0.25, 0.3) is 0 Å². The minimum absolute atomic E-state index is 0.104. The predicted molar refractivity (Wildman–Crippen MR) is 71.3 cm³/mol. The normalized spacial score (nSPS) is 9.44. The van der Waals surface area contributed by atoms with Crippen LogP contribution in [0.3, 0.4) is 0 Å². The molecule has 1 aromatic rings. The summed E-state index contributed by atoms with van der Waals surface area (Å²) in [5.41, 5.74) is 0.753. The minimum atomic E-state index is -1.03. The van der Waals surface area contributed by atoms with Crippen molar-refractivity contribution in [2.24, 2.45) is 0 Å². The van der Waals surface area contributed by atoms with Crippen LogP contribution >= 0.6 is 15.9 Å². The van der Waals surface area contributed by atoms with E-state index >= 15 is 0 Å². The van der Waals surface area contributed by atoms with Crippen molar-refractivity contribution in [2.45, 2.75) is 26.9 Å². The van der Waals surface area contributed by atoms with E-state index < -0.39 is 12.6 Å². The highest BCUT2D eigenvalue weighted by Crippen LogP contribution is 2.10. The minimum Gasteiger partial charge on any atom is -0.461 e. The van der Waals surface area contributed by atoms with Crippen molar-refractivity contribution >= 4 is 27.7 Å². The quantitative estimate of drug-likeness (QED) is 0.632. The van der Waals surface area contributed by atoms with Gasteiger partial charge in [-0.1, -0.05) is 28.1 Å².